The molecule has 6 nitrogen and oxygen atoms in total. The first-order chi connectivity index (χ1) is 9.50. The van der Waals surface area contributed by atoms with Crippen LogP contribution in [0, 0.1) is 5.41 Å². The number of carbonyl (C=O) groups excluding carboxylic acids is 1. The Morgan fingerprint density at radius 3 is 2.24 bits per heavy atom. The third-order valence-electron chi connectivity index (χ3n) is 3.88. The third-order valence-corrected chi connectivity index (χ3v) is 3.88. The summed E-state index contributed by atoms with van der Waals surface area (Å²) in [6.45, 7) is 6.93. The van der Waals surface area contributed by atoms with Crippen molar-refractivity contribution < 1.29 is 19.4 Å². The number of methoxy groups -OCH3 is 1. The van der Waals surface area contributed by atoms with Crippen LogP contribution in [0.1, 0.15) is 38.1 Å². The smallest absolute Gasteiger partial charge is 0.337 e. The number of rotatable bonds is 5. The van der Waals surface area contributed by atoms with E-state index in [4.69, 9.17) is 10.5 Å². The summed E-state index contributed by atoms with van der Waals surface area (Å²) in [5.74, 6) is -1.08. The number of carbonyl (C=O) groups is 2. The van der Waals surface area contributed by atoms with Gasteiger partial charge in [0, 0.05) is 5.54 Å². The first-order valence-electron chi connectivity index (χ1n) is 6.52. The Morgan fingerprint density at radius 1 is 1.24 bits per heavy atom. The number of carboxylic acids is 1. The summed E-state index contributed by atoms with van der Waals surface area (Å²) in [6, 6.07) is 4.45. The first-order valence-corrected chi connectivity index (χ1v) is 6.52. The molecule has 0 bridgehead atoms. The quantitative estimate of drug-likeness (QED) is 0.772. The van der Waals surface area contributed by atoms with E-state index in [1.165, 1.54) is 19.2 Å². The minimum Gasteiger partial charge on any atom is -0.497 e. The average Bonchev–Trinajstić information content (AvgIpc) is 2.37. The second-order valence-electron chi connectivity index (χ2n) is 6.02. The van der Waals surface area contributed by atoms with Gasteiger partial charge in [-0.25, -0.2) is 4.79 Å². The molecule has 0 aliphatic carbocycles. The Hall–Kier alpha value is -2.08. The molecule has 0 saturated carbocycles. The molecule has 0 aliphatic rings. The summed E-state index contributed by atoms with van der Waals surface area (Å²) in [4.78, 5) is 23.7. The molecular formula is C15H22N2O4. The lowest BCUT2D eigenvalue weighted by Gasteiger charge is -2.37. The lowest BCUT2D eigenvalue weighted by Crippen LogP contribution is -2.53. The molecule has 0 aromatic heterocycles. The van der Waals surface area contributed by atoms with Gasteiger partial charge >= 0.3 is 5.97 Å². The number of anilines is 1. The molecule has 1 aromatic rings. The molecule has 0 atom stereocenters. The van der Waals surface area contributed by atoms with Gasteiger partial charge in [-0.05, 0) is 45.9 Å². The number of nitrogens with one attached hydrogen (secondary N) is 1. The van der Waals surface area contributed by atoms with Crippen LogP contribution in [0.25, 0.3) is 0 Å². The average molecular weight is 294 g/mol. The minimum absolute atomic E-state index is 0.0340. The first kappa shape index (κ1) is 17.0. The van der Waals surface area contributed by atoms with E-state index in [-0.39, 0.29) is 17.2 Å². The largest absolute Gasteiger partial charge is 0.497 e. The van der Waals surface area contributed by atoms with E-state index in [2.05, 4.69) is 5.32 Å². The molecule has 0 heterocycles. The normalized spacial score (nSPS) is 11.9. The molecule has 0 saturated heterocycles. The fourth-order valence-electron chi connectivity index (χ4n) is 1.51. The van der Waals surface area contributed by atoms with Gasteiger partial charge in [0.25, 0.3) is 0 Å². The van der Waals surface area contributed by atoms with Gasteiger partial charge in [-0.3, -0.25) is 4.79 Å². The van der Waals surface area contributed by atoms with Gasteiger partial charge in [-0.1, -0.05) is 0 Å². The van der Waals surface area contributed by atoms with E-state index >= 15 is 0 Å². The monoisotopic (exact) mass is 294 g/mol. The fraction of sp³-hybridized carbons (Fsp3) is 0.467. The highest BCUT2D eigenvalue weighted by molar-refractivity contribution is 6.02. The van der Waals surface area contributed by atoms with Crippen molar-refractivity contribution in [3.63, 3.8) is 0 Å². The van der Waals surface area contributed by atoms with Gasteiger partial charge in [-0.2, -0.15) is 0 Å². The van der Waals surface area contributed by atoms with Crippen LogP contribution in [-0.4, -0.2) is 29.6 Å². The Labute approximate surface area is 124 Å². The van der Waals surface area contributed by atoms with Gasteiger partial charge in [0.15, 0.2) is 0 Å². The van der Waals surface area contributed by atoms with Crippen LogP contribution in [0.5, 0.6) is 5.75 Å². The number of amides is 1. The molecule has 21 heavy (non-hydrogen) atoms. The predicted octanol–water partition coefficient (Wildman–Crippen LogP) is 2.10. The Bertz CT molecular complexity index is 559. The van der Waals surface area contributed by atoms with Crippen molar-refractivity contribution >= 4 is 17.6 Å². The zero-order valence-corrected chi connectivity index (χ0v) is 13.0. The summed E-state index contributed by atoms with van der Waals surface area (Å²) in [5.41, 5.74) is 4.56. The number of hydrogen-bond donors (Lipinski definition) is 3. The lowest BCUT2D eigenvalue weighted by molar-refractivity contribution is -0.126. The fourth-order valence-corrected chi connectivity index (χ4v) is 1.51. The van der Waals surface area contributed by atoms with Crippen molar-refractivity contribution in [3.05, 3.63) is 23.8 Å². The molecule has 4 N–H and O–H groups in total. The molecule has 116 valence electrons. The summed E-state index contributed by atoms with van der Waals surface area (Å²) in [5, 5.41) is 11.9. The maximum Gasteiger partial charge on any atom is 0.337 e. The standard InChI is InChI=1S/C15H22N2O4/c1-14(2,15(3,4)16)13(20)17-11-7-6-9(21-5)8-10(11)12(18)19/h6-8H,16H2,1-5H3,(H,17,20)(H,18,19). The van der Waals surface area contributed by atoms with Crippen molar-refractivity contribution in [3.8, 4) is 5.75 Å². The van der Waals surface area contributed by atoms with E-state index < -0.39 is 16.9 Å². The molecule has 0 radical (unpaired) electrons. The van der Waals surface area contributed by atoms with Crippen LogP contribution < -0.4 is 15.8 Å². The Kier molecular flexibility index (Phi) is 4.63. The SMILES string of the molecule is COc1ccc(NC(=O)C(C)(C)C(C)(C)N)c(C(=O)O)c1. The van der Waals surface area contributed by atoms with Crippen molar-refractivity contribution in [2.75, 3.05) is 12.4 Å². The summed E-state index contributed by atoms with van der Waals surface area (Å²) in [6.07, 6.45) is 0. The molecule has 1 amide bonds. The Balaban J connectivity index is 3.14. The van der Waals surface area contributed by atoms with Gasteiger partial charge in [0.05, 0.1) is 23.8 Å². The summed E-state index contributed by atoms with van der Waals surface area (Å²) < 4.78 is 4.99. The zero-order chi connectivity index (χ0) is 16.4. The van der Waals surface area contributed by atoms with E-state index in [9.17, 15) is 14.7 Å². The van der Waals surface area contributed by atoms with Crippen molar-refractivity contribution in [2.24, 2.45) is 11.1 Å². The molecule has 0 unspecified atom stereocenters. The van der Waals surface area contributed by atoms with Crippen LogP contribution >= 0.6 is 0 Å². The van der Waals surface area contributed by atoms with Crippen molar-refractivity contribution in [1.82, 2.24) is 0 Å². The minimum atomic E-state index is -1.14. The van der Waals surface area contributed by atoms with Gasteiger partial charge < -0.3 is 20.9 Å². The van der Waals surface area contributed by atoms with Crippen molar-refractivity contribution in [1.29, 1.82) is 0 Å². The highest BCUT2D eigenvalue weighted by Gasteiger charge is 2.40. The maximum absolute atomic E-state index is 12.4. The molecule has 0 spiro atoms. The number of ether oxygens (including phenoxy) is 1. The van der Waals surface area contributed by atoms with Crippen LogP contribution in [0.2, 0.25) is 0 Å². The molecule has 1 aromatic carbocycles. The molecule has 0 aliphatic heterocycles. The topological polar surface area (TPSA) is 102 Å². The molecular weight excluding hydrogens is 272 g/mol. The zero-order valence-electron chi connectivity index (χ0n) is 13.0. The summed E-state index contributed by atoms with van der Waals surface area (Å²) in [7, 11) is 1.44. The maximum atomic E-state index is 12.4. The highest BCUT2D eigenvalue weighted by Crippen LogP contribution is 2.31. The third kappa shape index (κ3) is 3.52. The van der Waals surface area contributed by atoms with E-state index in [0.717, 1.165) is 0 Å². The van der Waals surface area contributed by atoms with Crippen LogP contribution in [0.4, 0.5) is 5.69 Å². The van der Waals surface area contributed by atoms with Gasteiger partial charge in [0.1, 0.15) is 5.75 Å². The number of carboxylic acid groups (broad SMARTS) is 1. The van der Waals surface area contributed by atoms with Crippen LogP contribution in [0.3, 0.4) is 0 Å². The van der Waals surface area contributed by atoms with E-state index in [1.807, 2.05) is 0 Å². The van der Waals surface area contributed by atoms with Gasteiger partial charge in [0.2, 0.25) is 5.91 Å². The highest BCUT2D eigenvalue weighted by atomic mass is 16.5. The number of hydrogen-bond acceptors (Lipinski definition) is 4. The summed E-state index contributed by atoms with van der Waals surface area (Å²) >= 11 is 0. The van der Waals surface area contributed by atoms with E-state index in [0.29, 0.717) is 5.75 Å². The molecule has 1 rings (SSSR count). The predicted molar refractivity (Wildman–Crippen MR) is 80.6 cm³/mol. The van der Waals surface area contributed by atoms with Crippen LogP contribution in [-0.2, 0) is 4.79 Å². The molecule has 6 heteroatoms. The second-order valence-corrected chi connectivity index (χ2v) is 6.02. The second kappa shape index (κ2) is 5.73. The number of benzene rings is 1. The van der Waals surface area contributed by atoms with E-state index in [1.54, 1.807) is 33.8 Å². The number of aromatic carboxylic acids is 1. The molecule has 0 fully saturated rings. The van der Waals surface area contributed by atoms with Crippen LogP contribution in [0.15, 0.2) is 18.2 Å². The van der Waals surface area contributed by atoms with Gasteiger partial charge in [-0.15, -0.1) is 0 Å². The Morgan fingerprint density at radius 2 is 1.81 bits per heavy atom. The van der Waals surface area contributed by atoms with Crippen molar-refractivity contribution in [2.45, 2.75) is 33.2 Å². The lowest BCUT2D eigenvalue weighted by atomic mass is 9.74. The number of nitrogens with two attached hydrogens (primary N) is 1.